The van der Waals surface area contributed by atoms with Gasteiger partial charge in [-0.25, -0.2) is 9.59 Å². The van der Waals surface area contributed by atoms with Crippen molar-refractivity contribution >= 4 is 11.9 Å². The lowest BCUT2D eigenvalue weighted by molar-refractivity contribution is 0.0480. The number of hydrogen-bond donors (Lipinski definition) is 0. The molecule has 1 saturated carbocycles. The topological polar surface area (TPSA) is 57.5 Å². The standard InChI is InChI=1S/C13H17NO4/c1-3-17-12(15)10-7-14(9-5-6-9)8-11(10)13(16)18-4-2/h7-9H,3-6H2,1-2H3. The van der Waals surface area contributed by atoms with Gasteiger partial charge in [0.1, 0.15) is 0 Å². The van der Waals surface area contributed by atoms with Crippen molar-refractivity contribution in [1.29, 1.82) is 0 Å². The normalized spacial score (nSPS) is 14.3. The summed E-state index contributed by atoms with van der Waals surface area (Å²) in [5.74, 6) is -0.945. The molecule has 0 unspecified atom stereocenters. The largest absolute Gasteiger partial charge is 0.462 e. The van der Waals surface area contributed by atoms with Crippen LogP contribution in [0.15, 0.2) is 12.4 Å². The molecule has 5 nitrogen and oxygen atoms in total. The van der Waals surface area contributed by atoms with Gasteiger partial charge in [0, 0.05) is 18.4 Å². The van der Waals surface area contributed by atoms with E-state index < -0.39 is 11.9 Å². The van der Waals surface area contributed by atoms with E-state index in [4.69, 9.17) is 9.47 Å². The number of hydrogen-bond acceptors (Lipinski definition) is 4. The molecule has 1 aliphatic carbocycles. The molecule has 0 aliphatic heterocycles. The fourth-order valence-corrected chi connectivity index (χ4v) is 1.80. The average Bonchev–Trinajstić information content (AvgIpc) is 3.09. The molecule has 0 bridgehead atoms. The highest BCUT2D eigenvalue weighted by atomic mass is 16.5. The lowest BCUT2D eigenvalue weighted by atomic mass is 10.2. The first-order chi connectivity index (χ1) is 8.67. The van der Waals surface area contributed by atoms with Gasteiger partial charge < -0.3 is 14.0 Å². The van der Waals surface area contributed by atoms with Crippen molar-refractivity contribution < 1.29 is 19.1 Å². The lowest BCUT2D eigenvalue weighted by Gasteiger charge is -2.02. The SMILES string of the molecule is CCOC(=O)c1cn(C2CC2)cc1C(=O)OCC. The van der Waals surface area contributed by atoms with Gasteiger partial charge in [0.2, 0.25) is 0 Å². The van der Waals surface area contributed by atoms with Gasteiger partial charge in [-0.2, -0.15) is 0 Å². The predicted octanol–water partition coefficient (Wildman–Crippen LogP) is 2.18. The molecular weight excluding hydrogens is 234 g/mol. The molecule has 1 aliphatic rings. The van der Waals surface area contributed by atoms with Gasteiger partial charge in [-0.05, 0) is 26.7 Å². The van der Waals surface area contributed by atoms with Crippen molar-refractivity contribution in [1.82, 2.24) is 4.57 Å². The number of esters is 2. The number of nitrogens with zero attached hydrogens (tertiary/aromatic N) is 1. The summed E-state index contributed by atoms with van der Waals surface area (Å²) in [5, 5.41) is 0. The second-order valence-electron chi connectivity index (χ2n) is 4.20. The molecule has 2 rings (SSSR count). The van der Waals surface area contributed by atoms with E-state index in [1.54, 1.807) is 26.2 Å². The maximum absolute atomic E-state index is 11.8. The van der Waals surface area contributed by atoms with Crippen LogP contribution in [0.3, 0.4) is 0 Å². The van der Waals surface area contributed by atoms with Crippen molar-refractivity contribution in [2.24, 2.45) is 0 Å². The molecule has 5 heteroatoms. The zero-order valence-electron chi connectivity index (χ0n) is 10.6. The molecule has 18 heavy (non-hydrogen) atoms. The number of rotatable bonds is 5. The minimum Gasteiger partial charge on any atom is -0.462 e. The van der Waals surface area contributed by atoms with Crippen molar-refractivity contribution in [2.75, 3.05) is 13.2 Å². The monoisotopic (exact) mass is 251 g/mol. The Balaban J connectivity index is 2.29. The average molecular weight is 251 g/mol. The summed E-state index contributed by atoms with van der Waals surface area (Å²) in [6.45, 7) is 4.05. The van der Waals surface area contributed by atoms with Gasteiger partial charge >= 0.3 is 11.9 Å². The van der Waals surface area contributed by atoms with Crippen LogP contribution in [-0.4, -0.2) is 29.7 Å². The summed E-state index contributed by atoms with van der Waals surface area (Å²) in [6.07, 6.45) is 5.53. The maximum Gasteiger partial charge on any atom is 0.340 e. The zero-order valence-corrected chi connectivity index (χ0v) is 10.6. The Kier molecular flexibility index (Phi) is 3.69. The molecule has 1 aromatic heterocycles. The molecular formula is C13H17NO4. The van der Waals surface area contributed by atoms with Crippen LogP contribution in [0.1, 0.15) is 53.4 Å². The summed E-state index contributed by atoms with van der Waals surface area (Å²) < 4.78 is 11.8. The highest BCUT2D eigenvalue weighted by Crippen LogP contribution is 2.36. The molecule has 0 saturated heterocycles. The second-order valence-corrected chi connectivity index (χ2v) is 4.20. The minimum atomic E-state index is -0.472. The van der Waals surface area contributed by atoms with E-state index in [0.29, 0.717) is 17.2 Å². The van der Waals surface area contributed by atoms with E-state index in [1.807, 2.05) is 4.57 Å². The Morgan fingerprint density at radius 1 is 1.11 bits per heavy atom. The molecule has 98 valence electrons. The van der Waals surface area contributed by atoms with E-state index in [1.165, 1.54) is 0 Å². The lowest BCUT2D eigenvalue weighted by Crippen LogP contribution is -2.11. The Hall–Kier alpha value is -1.78. The van der Waals surface area contributed by atoms with Gasteiger partial charge in [-0.15, -0.1) is 0 Å². The van der Waals surface area contributed by atoms with Gasteiger partial charge in [-0.1, -0.05) is 0 Å². The minimum absolute atomic E-state index is 0.287. The van der Waals surface area contributed by atoms with E-state index >= 15 is 0 Å². The van der Waals surface area contributed by atoms with Crippen LogP contribution in [-0.2, 0) is 9.47 Å². The van der Waals surface area contributed by atoms with Crippen LogP contribution in [0.4, 0.5) is 0 Å². The molecule has 0 spiro atoms. The third-order valence-corrected chi connectivity index (χ3v) is 2.81. The van der Waals surface area contributed by atoms with Crippen molar-refractivity contribution in [3.63, 3.8) is 0 Å². The molecule has 0 N–H and O–H groups in total. The predicted molar refractivity (Wildman–Crippen MR) is 64.6 cm³/mol. The number of ether oxygens (including phenoxy) is 2. The number of aromatic nitrogens is 1. The molecule has 1 aromatic rings. The highest BCUT2D eigenvalue weighted by Gasteiger charge is 2.28. The fourth-order valence-electron chi connectivity index (χ4n) is 1.80. The van der Waals surface area contributed by atoms with Crippen LogP contribution in [0.25, 0.3) is 0 Å². The van der Waals surface area contributed by atoms with Crippen LogP contribution in [0.2, 0.25) is 0 Å². The van der Waals surface area contributed by atoms with E-state index in [2.05, 4.69) is 0 Å². The smallest absolute Gasteiger partial charge is 0.340 e. The van der Waals surface area contributed by atoms with Gasteiger partial charge in [0.05, 0.1) is 24.3 Å². The molecule has 1 heterocycles. The molecule has 1 fully saturated rings. The number of carbonyl (C=O) groups excluding carboxylic acids is 2. The zero-order chi connectivity index (χ0) is 13.1. The third kappa shape index (κ3) is 2.55. The van der Waals surface area contributed by atoms with Gasteiger partial charge in [0.15, 0.2) is 0 Å². The van der Waals surface area contributed by atoms with Crippen LogP contribution >= 0.6 is 0 Å². The summed E-state index contributed by atoms with van der Waals surface area (Å²) in [7, 11) is 0. The second kappa shape index (κ2) is 5.25. The van der Waals surface area contributed by atoms with E-state index in [-0.39, 0.29) is 13.2 Å². The highest BCUT2D eigenvalue weighted by molar-refractivity contribution is 6.03. The summed E-state index contributed by atoms with van der Waals surface area (Å²) in [4.78, 5) is 23.6. The van der Waals surface area contributed by atoms with Crippen LogP contribution < -0.4 is 0 Å². The van der Waals surface area contributed by atoms with Crippen molar-refractivity contribution in [3.05, 3.63) is 23.5 Å². The Labute approximate surface area is 106 Å². The summed E-state index contributed by atoms with van der Waals surface area (Å²) in [6, 6.07) is 0.404. The van der Waals surface area contributed by atoms with Crippen molar-refractivity contribution in [2.45, 2.75) is 32.7 Å². The first-order valence-electron chi connectivity index (χ1n) is 6.23. The van der Waals surface area contributed by atoms with E-state index in [9.17, 15) is 9.59 Å². The van der Waals surface area contributed by atoms with E-state index in [0.717, 1.165) is 12.8 Å². The number of carbonyl (C=O) groups is 2. The first-order valence-corrected chi connectivity index (χ1v) is 6.23. The fraction of sp³-hybridized carbons (Fsp3) is 0.538. The molecule has 0 radical (unpaired) electrons. The third-order valence-electron chi connectivity index (χ3n) is 2.81. The molecule has 0 atom stereocenters. The first kappa shape index (κ1) is 12.7. The molecule has 0 amide bonds. The Morgan fingerprint density at radius 3 is 1.89 bits per heavy atom. The summed E-state index contributed by atoms with van der Waals surface area (Å²) in [5.41, 5.74) is 0.587. The van der Waals surface area contributed by atoms with Gasteiger partial charge in [-0.3, -0.25) is 0 Å². The quantitative estimate of drug-likeness (QED) is 0.752. The van der Waals surface area contributed by atoms with Gasteiger partial charge in [0.25, 0.3) is 0 Å². The maximum atomic E-state index is 11.8. The Bertz CT molecular complexity index is 424. The van der Waals surface area contributed by atoms with Crippen LogP contribution in [0, 0.1) is 0 Å². The summed E-state index contributed by atoms with van der Waals surface area (Å²) >= 11 is 0. The van der Waals surface area contributed by atoms with Crippen LogP contribution in [0.5, 0.6) is 0 Å². The molecule has 0 aromatic carbocycles. The van der Waals surface area contributed by atoms with Crippen molar-refractivity contribution in [3.8, 4) is 0 Å². The Morgan fingerprint density at radius 2 is 1.56 bits per heavy atom.